The molecule has 0 aliphatic rings. The van der Waals surface area contributed by atoms with E-state index >= 15 is 0 Å². The van der Waals surface area contributed by atoms with Crippen LogP contribution < -0.4 is 4.74 Å². The molecule has 0 bridgehead atoms. The van der Waals surface area contributed by atoms with Gasteiger partial charge in [-0.1, -0.05) is 6.07 Å². The summed E-state index contributed by atoms with van der Waals surface area (Å²) >= 11 is 0. The molecular formula is C12H14F3O7P. The summed E-state index contributed by atoms with van der Waals surface area (Å²) in [5.41, 5.74) is -1.04. The number of ketones is 1. The molecule has 0 saturated heterocycles. The molecule has 1 aromatic carbocycles. The van der Waals surface area contributed by atoms with Crippen LogP contribution in [0.5, 0.6) is 5.75 Å². The highest BCUT2D eigenvalue weighted by Crippen LogP contribution is 2.37. The van der Waals surface area contributed by atoms with Crippen molar-refractivity contribution in [1.82, 2.24) is 0 Å². The van der Waals surface area contributed by atoms with Crippen molar-refractivity contribution in [3.63, 3.8) is 0 Å². The second kappa shape index (κ2) is 6.98. The highest BCUT2D eigenvalue weighted by Gasteiger charge is 2.45. The summed E-state index contributed by atoms with van der Waals surface area (Å²) in [6, 6.07) is 3.51. The number of alkyl halides is 3. The van der Waals surface area contributed by atoms with Crippen LogP contribution in [0.3, 0.4) is 0 Å². The minimum Gasteiger partial charge on any atom is -0.433 e. The van der Waals surface area contributed by atoms with E-state index in [-0.39, 0.29) is 0 Å². The summed E-state index contributed by atoms with van der Waals surface area (Å²) in [5, 5.41) is 0. The molecule has 1 rings (SSSR count). The average molecular weight is 358 g/mol. The van der Waals surface area contributed by atoms with Gasteiger partial charge in [0.1, 0.15) is 11.9 Å². The number of methoxy groups -OCH3 is 2. The Labute approximate surface area is 129 Å². The van der Waals surface area contributed by atoms with Crippen LogP contribution in [0.2, 0.25) is 0 Å². The van der Waals surface area contributed by atoms with Crippen molar-refractivity contribution in [2.45, 2.75) is 12.1 Å². The molecule has 0 aliphatic heterocycles. The number of hydrogen-bond donors (Lipinski definition) is 2. The van der Waals surface area contributed by atoms with Gasteiger partial charge in [0.2, 0.25) is 5.78 Å². The Hall–Kier alpha value is -1.45. The lowest BCUT2D eigenvalue weighted by atomic mass is 10.2. The maximum atomic E-state index is 12.7. The molecule has 0 radical (unpaired) electrons. The first-order valence-corrected chi connectivity index (χ1v) is 7.78. The first-order valence-electron chi connectivity index (χ1n) is 5.98. The van der Waals surface area contributed by atoms with Gasteiger partial charge in [0.25, 0.3) is 0 Å². The third-order valence-corrected chi connectivity index (χ3v) is 3.34. The predicted molar refractivity (Wildman–Crippen MR) is 70.7 cm³/mol. The van der Waals surface area contributed by atoms with Gasteiger partial charge in [-0.2, -0.15) is 13.2 Å². The molecule has 1 aromatic rings. The van der Waals surface area contributed by atoms with E-state index in [4.69, 9.17) is 24.0 Å². The second-order valence-electron chi connectivity index (χ2n) is 4.34. The number of Topliss-reactive ketones (excluding diaryl/α,β-unsaturated/α-hetero) is 1. The molecule has 0 unspecified atom stereocenters. The monoisotopic (exact) mass is 358 g/mol. The number of rotatable bonds is 7. The Kier molecular flexibility index (Phi) is 5.95. The molecule has 0 atom stereocenters. The first kappa shape index (κ1) is 19.6. The van der Waals surface area contributed by atoms with Crippen LogP contribution in [0.25, 0.3) is 0 Å². The van der Waals surface area contributed by atoms with E-state index in [1.165, 1.54) is 0 Å². The molecule has 0 amide bonds. The molecule has 0 fully saturated rings. The Balaban J connectivity index is 3.13. The number of carbonyl (C=O) groups is 1. The number of halogens is 3. The third kappa shape index (κ3) is 5.29. The van der Waals surface area contributed by atoms with Gasteiger partial charge in [-0.15, -0.1) is 0 Å². The SMILES string of the molecule is COC(OC)(Oc1cccc(C(F)(F)F)c1)C(=O)CP(=O)(O)O. The molecular weight excluding hydrogens is 344 g/mol. The Morgan fingerprint density at radius 2 is 1.78 bits per heavy atom. The quantitative estimate of drug-likeness (QED) is 0.566. The maximum Gasteiger partial charge on any atom is 0.416 e. The summed E-state index contributed by atoms with van der Waals surface area (Å²) in [4.78, 5) is 29.6. The Morgan fingerprint density at radius 3 is 2.22 bits per heavy atom. The second-order valence-corrected chi connectivity index (χ2v) is 5.98. The standard InChI is InChI=1S/C12H14F3O7P/c1-20-12(21-2,10(16)7-23(17,18)19)22-9-5-3-4-8(6-9)11(13,14)15/h3-6H,7H2,1-2H3,(H2,17,18,19). The lowest BCUT2D eigenvalue weighted by Gasteiger charge is -2.29. The molecule has 130 valence electrons. The summed E-state index contributed by atoms with van der Waals surface area (Å²) in [6.07, 6.45) is -5.91. The predicted octanol–water partition coefficient (Wildman–Crippen LogP) is 1.78. The van der Waals surface area contributed by atoms with E-state index in [2.05, 4.69) is 0 Å². The van der Waals surface area contributed by atoms with Crippen molar-refractivity contribution >= 4 is 13.4 Å². The van der Waals surface area contributed by atoms with Crippen LogP contribution in [-0.2, 0) is 25.0 Å². The van der Waals surface area contributed by atoms with Gasteiger partial charge in [0.15, 0.2) is 0 Å². The summed E-state index contributed by atoms with van der Waals surface area (Å²) < 4.78 is 63.3. The van der Waals surface area contributed by atoms with Crippen LogP contribution >= 0.6 is 7.60 Å². The summed E-state index contributed by atoms with van der Waals surface area (Å²) in [6.45, 7) is 0. The highest BCUT2D eigenvalue weighted by molar-refractivity contribution is 7.52. The van der Waals surface area contributed by atoms with Crippen LogP contribution in [-0.4, -0.2) is 41.9 Å². The van der Waals surface area contributed by atoms with Gasteiger partial charge in [-0.3, -0.25) is 9.36 Å². The van der Waals surface area contributed by atoms with E-state index in [0.29, 0.717) is 6.07 Å². The molecule has 0 heterocycles. The highest BCUT2D eigenvalue weighted by atomic mass is 31.2. The molecule has 2 N–H and O–H groups in total. The van der Waals surface area contributed by atoms with Crippen molar-refractivity contribution in [2.75, 3.05) is 20.4 Å². The minimum absolute atomic E-state index is 0.428. The van der Waals surface area contributed by atoms with Crippen LogP contribution in [0, 0.1) is 0 Å². The maximum absolute atomic E-state index is 12.7. The molecule has 0 aromatic heterocycles. The van der Waals surface area contributed by atoms with Gasteiger partial charge in [0.05, 0.1) is 5.56 Å². The first-order chi connectivity index (χ1) is 10.4. The van der Waals surface area contributed by atoms with Crippen LogP contribution in [0.4, 0.5) is 13.2 Å². The Bertz CT molecular complexity index is 607. The fraction of sp³-hybridized carbons (Fsp3) is 0.417. The van der Waals surface area contributed by atoms with Crippen molar-refractivity contribution in [3.05, 3.63) is 29.8 Å². The lowest BCUT2D eigenvalue weighted by molar-refractivity contribution is -0.296. The lowest BCUT2D eigenvalue weighted by Crippen LogP contribution is -2.49. The number of hydrogen-bond acceptors (Lipinski definition) is 5. The van der Waals surface area contributed by atoms with E-state index in [0.717, 1.165) is 32.4 Å². The zero-order valence-electron chi connectivity index (χ0n) is 12.0. The van der Waals surface area contributed by atoms with Gasteiger partial charge in [-0.25, -0.2) is 0 Å². The van der Waals surface area contributed by atoms with Crippen LogP contribution in [0.15, 0.2) is 24.3 Å². The minimum atomic E-state index is -4.76. The fourth-order valence-electron chi connectivity index (χ4n) is 1.63. The molecule has 11 heteroatoms. The largest absolute Gasteiger partial charge is 0.433 e. The van der Waals surface area contributed by atoms with Gasteiger partial charge in [0, 0.05) is 14.2 Å². The van der Waals surface area contributed by atoms with Gasteiger partial charge in [-0.05, 0) is 18.2 Å². The van der Waals surface area contributed by atoms with E-state index in [1.54, 1.807) is 0 Å². The molecule has 7 nitrogen and oxygen atoms in total. The van der Waals surface area contributed by atoms with E-state index in [9.17, 15) is 22.5 Å². The molecule has 0 saturated carbocycles. The molecule has 0 aliphatic carbocycles. The molecule has 23 heavy (non-hydrogen) atoms. The summed E-state index contributed by atoms with van der Waals surface area (Å²) in [7, 11) is -2.88. The Morgan fingerprint density at radius 1 is 1.22 bits per heavy atom. The third-order valence-electron chi connectivity index (χ3n) is 2.64. The van der Waals surface area contributed by atoms with Crippen molar-refractivity contribution in [3.8, 4) is 5.75 Å². The fourth-order valence-corrected chi connectivity index (χ4v) is 2.19. The van der Waals surface area contributed by atoms with Gasteiger partial charge >= 0.3 is 19.7 Å². The number of benzene rings is 1. The van der Waals surface area contributed by atoms with E-state index < -0.39 is 43.0 Å². The normalized spacial score (nSPS) is 13.0. The van der Waals surface area contributed by atoms with E-state index in [1.807, 2.05) is 0 Å². The van der Waals surface area contributed by atoms with Crippen LogP contribution in [0.1, 0.15) is 5.56 Å². The topological polar surface area (TPSA) is 102 Å². The average Bonchev–Trinajstić information content (AvgIpc) is 2.42. The number of ether oxygens (including phenoxy) is 3. The van der Waals surface area contributed by atoms with Crippen molar-refractivity contribution in [1.29, 1.82) is 0 Å². The zero-order valence-corrected chi connectivity index (χ0v) is 12.9. The van der Waals surface area contributed by atoms with Gasteiger partial charge < -0.3 is 24.0 Å². The zero-order chi connectivity index (χ0) is 17.9. The smallest absolute Gasteiger partial charge is 0.416 e. The number of carbonyl (C=O) groups excluding carboxylic acids is 1. The van der Waals surface area contributed by atoms with Crippen molar-refractivity contribution < 1.29 is 46.5 Å². The molecule has 0 spiro atoms. The summed E-state index contributed by atoms with van der Waals surface area (Å²) in [5.74, 6) is -4.29. The van der Waals surface area contributed by atoms with Crippen molar-refractivity contribution in [2.24, 2.45) is 0 Å².